The van der Waals surface area contributed by atoms with Crippen LogP contribution in [-0.2, 0) is 6.42 Å². The highest BCUT2D eigenvalue weighted by atomic mass is 79.9. The van der Waals surface area contributed by atoms with Gasteiger partial charge in [0, 0.05) is 30.8 Å². The lowest BCUT2D eigenvalue weighted by molar-refractivity contribution is 0.727. The van der Waals surface area contributed by atoms with E-state index in [0.717, 1.165) is 25.4 Å². The highest BCUT2D eigenvalue weighted by molar-refractivity contribution is 9.11. The topological polar surface area (TPSA) is 26.0 Å². The van der Waals surface area contributed by atoms with Crippen LogP contribution in [0.15, 0.2) is 43.1 Å². The van der Waals surface area contributed by atoms with Gasteiger partial charge in [-0.15, -0.1) is 11.3 Å². The standard InChI is InChI=1S/C12H10Br3NS/c13-8-3-7(4-9(14)5-8)11(16)6-12-10(15)1-2-17-12/h1-5,11H,6,16H2. The van der Waals surface area contributed by atoms with Crippen LogP contribution in [0.1, 0.15) is 16.5 Å². The highest BCUT2D eigenvalue weighted by Gasteiger charge is 2.11. The maximum absolute atomic E-state index is 6.24. The van der Waals surface area contributed by atoms with Crippen LogP contribution in [0, 0.1) is 0 Å². The molecule has 0 amide bonds. The molecule has 0 bridgehead atoms. The molecule has 90 valence electrons. The van der Waals surface area contributed by atoms with Gasteiger partial charge in [-0.05, 0) is 51.1 Å². The van der Waals surface area contributed by atoms with E-state index < -0.39 is 0 Å². The summed E-state index contributed by atoms with van der Waals surface area (Å²) in [5, 5.41) is 2.07. The van der Waals surface area contributed by atoms with Gasteiger partial charge in [0.1, 0.15) is 0 Å². The quantitative estimate of drug-likeness (QED) is 0.691. The molecule has 0 radical (unpaired) electrons. The van der Waals surface area contributed by atoms with Gasteiger partial charge in [0.05, 0.1) is 0 Å². The average Bonchev–Trinajstić information content (AvgIpc) is 2.63. The van der Waals surface area contributed by atoms with E-state index in [2.05, 4.69) is 71.4 Å². The molecule has 0 aliphatic rings. The molecule has 0 aliphatic heterocycles. The van der Waals surface area contributed by atoms with Crippen LogP contribution in [0.5, 0.6) is 0 Å². The molecule has 5 heteroatoms. The molecule has 0 aliphatic carbocycles. The SMILES string of the molecule is NC(Cc1sccc1Br)c1cc(Br)cc(Br)c1. The summed E-state index contributed by atoms with van der Waals surface area (Å²) in [6.45, 7) is 0. The van der Waals surface area contributed by atoms with E-state index >= 15 is 0 Å². The molecule has 0 saturated heterocycles. The van der Waals surface area contributed by atoms with Gasteiger partial charge >= 0.3 is 0 Å². The summed E-state index contributed by atoms with van der Waals surface area (Å²) in [5.74, 6) is 0. The van der Waals surface area contributed by atoms with Gasteiger partial charge in [-0.3, -0.25) is 0 Å². The van der Waals surface area contributed by atoms with E-state index in [0.29, 0.717) is 0 Å². The third-order valence-corrected chi connectivity index (χ3v) is 5.27. The lowest BCUT2D eigenvalue weighted by Crippen LogP contribution is -2.12. The predicted molar refractivity (Wildman–Crippen MR) is 84.5 cm³/mol. The fraction of sp³-hybridized carbons (Fsp3) is 0.167. The van der Waals surface area contributed by atoms with E-state index in [1.807, 2.05) is 6.07 Å². The van der Waals surface area contributed by atoms with E-state index in [-0.39, 0.29) is 6.04 Å². The van der Waals surface area contributed by atoms with Gasteiger partial charge in [0.25, 0.3) is 0 Å². The van der Waals surface area contributed by atoms with Gasteiger partial charge in [0.2, 0.25) is 0 Å². The maximum Gasteiger partial charge on any atom is 0.0344 e. The van der Waals surface area contributed by atoms with Crippen molar-refractivity contribution in [1.29, 1.82) is 0 Å². The molecule has 1 heterocycles. The van der Waals surface area contributed by atoms with Crippen LogP contribution in [0.2, 0.25) is 0 Å². The first kappa shape index (κ1) is 13.7. The third-order valence-electron chi connectivity index (χ3n) is 2.41. The molecule has 1 nitrogen and oxygen atoms in total. The molecular formula is C12H10Br3NS. The number of benzene rings is 1. The van der Waals surface area contributed by atoms with Crippen molar-refractivity contribution in [2.45, 2.75) is 12.5 Å². The Kier molecular flexibility index (Phi) is 4.83. The Bertz CT molecular complexity index is 504. The molecular weight excluding hydrogens is 430 g/mol. The van der Waals surface area contributed by atoms with Crippen LogP contribution in [0.25, 0.3) is 0 Å². The van der Waals surface area contributed by atoms with E-state index in [4.69, 9.17) is 5.73 Å². The fourth-order valence-corrected chi connectivity index (χ4v) is 4.48. The molecule has 0 spiro atoms. The zero-order chi connectivity index (χ0) is 12.4. The van der Waals surface area contributed by atoms with Crippen molar-refractivity contribution in [2.75, 3.05) is 0 Å². The molecule has 2 N–H and O–H groups in total. The molecule has 2 rings (SSSR count). The Morgan fingerprint density at radius 3 is 2.29 bits per heavy atom. The maximum atomic E-state index is 6.24. The fourth-order valence-electron chi connectivity index (χ4n) is 1.58. The Hall–Kier alpha value is 0.320. The molecule has 1 aromatic heterocycles. The Labute approximate surface area is 130 Å². The summed E-state index contributed by atoms with van der Waals surface area (Å²) in [5.41, 5.74) is 7.37. The minimum atomic E-state index is 0.0127. The van der Waals surface area contributed by atoms with Gasteiger partial charge in [-0.25, -0.2) is 0 Å². The molecule has 0 fully saturated rings. The van der Waals surface area contributed by atoms with Crippen molar-refractivity contribution >= 4 is 59.1 Å². The number of hydrogen-bond acceptors (Lipinski definition) is 2. The van der Waals surface area contributed by atoms with Gasteiger partial charge in [0.15, 0.2) is 0 Å². The third kappa shape index (κ3) is 3.64. The number of thiophene rings is 1. The predicted octanol–water partition coefficient (Wildman–Crippen LogP) is 5.28. The lowest BCUT2D eigenvalue weighted by atomic mass is 10.0. The van der Waals surface area contributed by atoms with E-state index in [9.17, 15) is 0 Å². The number of rotatable bonds is 3. The average molecular weight is 440 g/mol. The molecule has 0 saturated carbocycles. The van der Waals surface area contributed by atoms with Crippen LogP contribution >= 0.6 is 59.1 Å². The zero-order valence-electron chi connectivity index (χ0n) is 8.79. The Balaban J connectivity index is 2.20. The normalized spacial score (nSPS) is 12.7. The molecule has 1 aromatic carbocycles. The van der Waals surface area contributed by atoms with Crippen molar-refractivity contribution < 1.29 is 0 Å². The van der Waals surface area contributed by atoms with Crippen molar-refractivity contribution in [3.8, 4) is 0 Å². The lowest BCUT2D eigenvalue weighted by Gasteiger charge is -2.12. The summed E-state index contributed by atoms with van der Waals surface area (Å²) in [6, 6.07) is 8.22. The van der Waals surface area contributed by atoms with Crippen LogP contribution < -0.4 is 5.73 Å². The molecule has 17 heavy (non-hydrogen) atoms. The summed E-state index contributed by atoms with van der Waals surface area (Å²) < 4.78 is 3.23. The van der Waals surface area contributed by atoms with Gasteiger partial charge < -0.3 is 5.73 Å². The molecule has 1 atom stereocenters. The Morgan fingerprint density at radius 1 is 1.12 bits per heavy atom. The molecule has 2 aromatic rings. The summed E-state index contributed by atoms with van der Waals surface area (Å²) in [4.78, 5) is 1.29. The summed E-state index contributed by atoms with van der Waals surface area (Å²) in [7, 11) is 0. The minimum absolute atomic E-state index is 0.0127. The zero-order valence-corrected chi connectivity index (χ0v) is 14.4. The number of nitrogens with two attached hydrogens (primary N) is 1. The summed E-state index contributed by atoms with van der Waals surface area (Å²) in [6.07, 6.45) is 0.848. The van der Waals surface area contributed by atoms with Gasteiger partial charge in [-0.1, -0.05) is 31.9 Å². The van der Waals surface area contributed by atoms with E-state index in [1.54, 1.807) is 11.3 Å². The largest absolute Gasteiger partial charge is 0.324 e. The summed E-state index contributed by atoms with van der Waals surface area (Å²) >= 11 is 12.2. The van der Waals surface area contributed by atoms with Crippen LogP contribution in [0.4, 0.5) is 0 Å². The first-order valence-corrected chi connectivity index (χ1v) is 8.25. The molecule has 1 unspecified atom stereocenters. The number of hydrogen-bond donors (Lipinski definition) is 1. The van der Waals surface area contributed by atoms with Crippen LogP contribution in [-0.4, -0.2) is 0 Å². The van der Waals surface area contributed by atoms with Gasteiger partial charge in [-0.2, -0.15) is 0 Å². The highest BCUT2D eigenvalue weighted by Crippen LogP contribution is 2.29. The van der Waals surface area contributed by atoms with E-state index in [1.165, 1.54) is 4.88 Å². The second kappa shape index (κ2) is 5.97. The Morgan fingerprint density at radius 2 is 1.76 bits per heavy atom. The first-order valence-electron chi connectivity index (χ1n) is 4.99. The number of halogens is 3. The second-order valence-corrected chi connectivity index (χ2v) is 7.39. The van der Waals surface area contributed by atoms with Crippen molar-refractivity contribution in [3.05, 3.63) is 53.5 Å². The monoisotopic (exact) mass is 437 g/mol. The first-order chi connectivity index (χ1) is 8.06. The van der Waals surface area contributed by atoms with Crippen molar-refractivity contribution in [2.24, 2.45) is 5.73 Å². The second-order valence-electron chi connectivity index (χ2n) is 3.71. The smallest absolute Gasteiger partial charge is 0.0344 e. The van der Waals surface area contributed by atoms with Crippen LogP contribution in [0.3, 0.4) is 0 Å². The minimum Gasteiger partial charge on any atom is -0.324 e. The van der Waals surface area contributed by atoms with Crippen molar-refractivity contribution in [3.63, 3.8) is 0 Å². The van der Waals surface area contributed by atoms with Crippen molar-refractivity contribution in [1.82, 2.24) is 0 Å².